The number of pyridine rings is 2. The maximum absolute atomic E-state index is 6.31. The summed E-state index contributed by atoms with van der Waals surface area (Å²) in [7, 11) is 5.88. The zero-order valence-electron chi connectivity index (χ0n) is 21.3. The molecule has 0 saturated carbocycles. The molecule has 2 radical (unpaired) electrons. The number of hydrogen-bond acceptors (Lipinski definition) is 6. The second kappa shape index (κ2) is 9.59. The molecule has 0 bridgehead atoms. The second-order valence-electron chi connectivity index (χ2n) is 10.4. The van der Waals surface area contributed by atoms with E-state index in [-0.39, 0.29) is 5.60 Å². The van der Waals surface area contributed by atoms with Gasteiger partial charge in [0.15, 0.2) is 5.65 Å². The molecule has 5 heterocycles. The van der Waals surface area contributed by atoms with E-state index in [2.05, 4.69) is 39.9 Å². The highest BCUT2D eigenvalue weighted by Gasteiger charge is 2.25. The van der Waals surface area contributed by atoms with Gasteiger partial charge in [-0.05, 0) is 69.1 Å². The number of fused-ring (bicyclic) bond motifs is 2. The average molecular weight is 488 g/mol. The summed E-state index contributed by atoms with van der Waals surface area (Å²) in [6.07, 6.45) is 11.3. The summed E-state index contributed by atoms with van der Waals surface area (Å²) in [5.41, 5.74) is 5.50. The Kier molecular flexibility index (Phi) is 6.12. The molecule has 7 nitrogen and oxygen atoms in total. The van der Waals surface area contributed by atoms with E-state index in [0.717, 1.165) is 64.3 Å². The van der Waals surface area contributed by atoms with Crippen molar-refractivity contribution in [1.29, 1.82) is 0 Å². The van der Waals surface area contributed by atoms with E-state index in [1.54, 1.807) is 10.7 Å². The first-order valence-electron chi connectivity index (χ1n) is 12.8. The third-order valence-electron chi connectivity index (χ3n) is 6.88. The van der Waals surface area contributed by atoms with Crippen molar-refractivity contribution in [1.82, 2.24) is 29.5 Å². The van der Waals surface area contributed by atoms with Crippen LogP contribution in [0.4, 0.5) is 0 Å². The number of rotatable bonds is 6. The maximum atomic E-state index is 6.31. The van der Waals surface area contributed by atoms with Crippen LogP contribution in [0.3, 0.4) is 0 Å². The fourth-order valence-electron chi connectivity index (χ4n) is 5.22. The first kappa shape index (κ1) is 23.6. The Morgan fingerprint density at radius 3 is 2.59 bits per heavy atom. The lowest BCUT2D eigenvalue weighted by atomic mass is 9.99. The maximum Gasteiger partial charge on any atom is 0.162 e. The van der Waals surface area contributed by atoms with E-state index < -0.39 is 0 Å². The normalized spacial score (nSPS) is 14.9. The van der Waals surface area contributed by atoms with Gasteiger partial charge >= 0.3 is 0 Å². The molecule has 0 amide bonds. The Morgan fingerprint density at radius 2 is 1.78 bits per heavy atom. The molecule has 37 heavy (non-hydrogen) atoms. The Hall–Kier alpha value is -3.78. The van der Waals surface area contributed by atoms with E-state index in [1.807, 2.05) is 55.0 Å². The molecule has 0 unspecified atom stereocenters. The van der Waals surface area contributed by atoms with Crippen molar-refractivity contribution >= 4 is 30.0 Å². The number of benzene rings is 1. The lowest BCUT2D eigenvalue weighted by molar-refractivity contribution is 0.0517. The van der Waals surface area contributed by atoms with Crippen LogP contribution >= 0.6 is 0 Å². The van der Waals surface area contributed by atoms with Crippen LogP contribution in [0.25, 0.3) is 38.9 Å². The van der Waals surface area contributed by atoms with Crippen LogP contribution in [-0.4, -0.2) is 62.5 Å². The number of nitrogens with zero attached hydrogens (tertiary/aromatic N) is 6. The smallest absolute Gasteiger partial charge is 0.162 e. The summed E-state index contributed by atoms with van der Waals surface area (Å²) in [6, 6.07) is 13.8. The highest BCUT2D eigenvalue weighted by molar-refractivity contribution is 6.31. The molecule has 184 valence electrons. The van der Waals surface area contributed by atoms with E-state index in [4.69, 9.17) is 17.6 Å². The predicted molar refractivity (Wildman–Crippen MR) is 147 cm³/mol. The Balaban J connectivity index is 1.23. The molecule has 1 aromatic carbocycles. The fourth-order valence-corrected chi connectivity index (χ4v) is 5.22. The Labute approximate surface area is 217 Å². The first-order chi connectivity index (χ1) is 17.9. The van der Waals surface area contributed by atoms with Crippen molar-refractivity contribution < 1.29 is 4.74 Å². The van der Waals surface area contributed by atoms with E-state index in [1.165, 1.54) is 19.3 Å². The molecule has 1 aliphatic rings. The molecule has 1 aliphatic heterocycles. The summed E-state index contributed by atoms with van der Waals surface area (Å²) in [5.74, 6) is 0.770. The monoisotopic (exact) mass is 488 g/mol. The summed E-state index contributed by atoms with van der Waals surface area (Å²) in [6.45, 7) is 7.51. The zero-order valence-corrected chi connectivity index (χ0v) is 21.3. The molecular weight excluding hydrogens is 459 g/mol. The SMILES string of the molecule is [B]c1ccc2c(-c3cnn4cc(-c5ccc(OC(C)(C)CN6CCCCC6)cn5)cnc34)cccc2n1. The van der Waals surface area contributed by atoms with Crippen molar-refractivity contribution in [3.8, 4) is 28.1 Å². The minimum Gasteiger partial charge on any atom is -0.485 e. The van der Waals surface area contributed by atoms with Gasteiger partial charge in [-0.2, -0.15) is 5.10 Å². The molecule has 1 saturated heterocycles. The lowest BCUT2D eigenvalue weighted by Crippen LogP contribution is -2.44. The van der Waals surface area contributed by atoms with Crippen molar-refractivity contribution in [2.45, 2.75) is 38.7 Å². The zero-order chi connectivity index (χ0) is 25.4. The van der Waals surface area contributed by atoms with Crippen molar-refractivity contribution in [2.75, 3.05) is 19.6 Å². The third kappa shape index (κ3) is 4.94. The molecule has 1 fully saturated rings. The van der Waals surface area contributed by atoms with Gasteiger partial charge < -0.3 is 4.74 Å². The van der Waals surface area contributed by atoms with E-state index in [0.29, 0.717) is 5.59 Å². The summed E-state index contributed by atoms with van der Waals surface area (Å²) in [5, 5.41) is 5.59. The van der Waals surface area contributed by atoms with Crippen LogP contribution in [0.1, 0.15) is 33.1 Å². The minimum absolute atomic E-state index is 0.282. The minimum atomic E-state index is -0.282. The largest absolute Gasteiger partial charge is 0.485 e. The van der Waals surface area contributed by atoms with Gasteiger partial charge in [0.25, 0.3) is 0 Å². The molecule has 0 N–H and O–H groups in total. The number of hydrogen-bond donors (Lipinski definition) is 0. The van der Waals surface area contributed by atoms with Crippen molar-refractivity contribution in [3.63, 3.8) is 0 Å². The highest BCUT2D eigenvalue weighted by atomic mass is 16.5. The molecular formula is C29H29BN6O. The van der Waals surface area contributed by atoms with Gasteiger partial charge in [-0.1, -0.05) is 30.7 Å². The number of piperidine rings is 1. The van der Waals surface area contributed by atoms with E-state index in [9.17, 15) is 0 Å². The first-order valence-corrected chi connectivity index (χ1v) is 12.8. The third-order valence-corrected chi connectivity index (χ3v) is 6.88. The predicted octanol–water partition coefficient (Wildman–Crippen LogP) is 4.44. The van der Waals surface area contributed by atoms with E-state index >= 15 is 0 Å². The summed E-state index contributed by atoms with van der Waals surface area (Å²) in [4.78, 5) is 16.3. The van der Waals surface area contributed by atoms with Crippen LogP contribution in [-0.2, 0) is 0 Å². The lowest BCUT2D eigenvalue weighted by Gasteiger charge is -2.35. The molecule has 4 aromatic heterocycles. The fraction of sp³-hybridized carbons (Fsp3) is 0.310. The number of aromatic nitrogens is 5. The van der Waals surface area contributed by atoms with Crippen molar-refractivity contribution in [2.24, 2.45) is 0 Å². The van der Waals surface area contributed by atoms with Gasteiger partial charge in [0.2, 0.25) is 0 Å². The summed E-state index contributed by atoms with van der Waals surface area (Å²) >= 11 is 0. The van der Waals surface area contributed by atoms with Crippen LogP contribution in [0.5, 0.6) is 5.75 Å². The van der Waals surface area contributed by atoms with Crippen LogP contribution < -0.4 is 10.3 Å². The molecule has 0 aliphatic carbocycles. The van der Waals surface area contributed by atoms with Gasteiger partial charge in [-0.15, -0.1) is 0 Å². The average Bonchev–Trinajstić information content (AvgIpc) is 3.32. The van der Waals surface area contributed by atoms with Crippen molar-refractivity contribution in [3.05, 3.63) is 67.3 Å². The number of ether oxygens (including phenoxy) is 1. The summed E-state index contributed by atoms with van der Waals surface area (Å²) < 4.78 is 8.10. The second-order valence-corrected chi connectivity index (χ2v) is 10.4. The van der Waals surface area contributed by atoms with Gasteiger partial charge in [-0.25, -0.2) is 9.50 Å². The quantitative estimate of drug-likeness (QED) is 0.329. The molecule has 5 aromatic rings. The highest BCUT2D eigenvalue weighted by Crippen LogP contribution is 2.31. The molecule has 8 heteroatoms. The van der Waals surface area contributed by atoms with Gasteiger partial charge in [0, 0.05) is 35.5 Å². The Bertz CT molecular complexity index is 1560. The van der Waals surface area contributed by atoms with Crippen LogP contribution in [0.2, 0.25) is 0 Å². The van der Waals surface area contributed by atoms with Gasteiger partial charge in [0.1, 0.15) is 19.2 Å². The molecule has 0 atom stereocenters. The van der Waals surface area contributed by atoms with Gasteiger partial charge in [-0.3, -0.25) is 14.9 Å². The Morgan fingerprint density at radius 1 is 0.919 bits per heavy atom. The number of likely N-dealkylation sites (tertiary alicyclic amines) is 1. The molecule has 0 spiro atoms. The standard InChI is InChI=1S/C29H29BN6O/c1-29(2,19-35-13-4-3-5-14-35)37-21-9-11-25(31-16-21)20-15-32-28-24(17-33-36(28)18-20)22-7-6-8-26-23(22)10-12-27(30)34-26/h6-12,15-18H,3-5,13-14,19H2,1-2H3. The van der Waals surface area contributed by atoms with Crippen LogP contribution in [0, 0.1) is 0 Å². The topological polar surface area (TPSA) is 68.4 Å². The van der Waals surface area contributed by atoms with Crippen LogP contribution in [0.15, 0.2) is 67.3 Å². The molecule has 6 rings (SSSR count). The van der Waals surface area contributed by atoms with Gasteiger partial charge in [0.05, 0.1) is 23.6 Å².